The van der Waals surface area contributed by atoms with Crippen LogP contribution in [-0.2, 0) is 11.8 Å². The number of halogens is 2. The predicted octanol–water partition coefficient (Wildman–Crippen LogP) is 5.63. The van der Waals surface area contributed by atoms with E-state index >= 15 is 0 Å². The fraction of sp³-hybridized carbons (Fsp3) is 0.294. The Balaban J connectivity index is 2.02. The normalized spacial score (nSPS) is 14.2. The lowest BCUT2D eigenvalue weighted by atomic mass is 9.99. The van der Waals surface area contributed by atoms with Crippen LogP contribution >= 0.6 is 27.5 Å². The summed E-state index contributed by atoms with van der Waals surface area (Å²) in [5.41, 5.74) is 6.42. The highest BCUT2D eigenvalue weighted by atomic mass is 79.9. The molecule has 2 aromatic carbocycles. The van der Waals surface area contributed by atoms with Crippen LogP contribution in [0.4, 0.5) is 11.4 Å². The summed E-state index contributed by atoms with van der Waals surface area (Å²) in [5, 5.41) is 1.63. The molecule has 0 aromatic heterocycles. The third-order valence-corrected chi connectivity index (χ3v) is 4.80. The number of nitrogens with zero attached hydrogens (tertiary/aromatic N) is 1. The fourth-order valence-electron chi connectivity index (χ4n) is 2.81. The minimum atomic E-state index is 0.794. The van der Waals surface area contributed by atoms with Gasteiger partial charge >= 0.3 is 0 Å². The minimum Gasteiger partial charge on any atom is -0.341 e. The molecule has 0 fully saturated rings. The number of fused-ring (bicyclic) bond motifs is 1. The number of alkyl halides is 1. The second kappa shape index (κ2) is 5.79. The summed E-state index contributed by atoms with van der Waals surface area (Å²) >= 11 is 9.81. The van der Waals surface area contributed by atoms with E-state index in [0.717, 1.165) is 22.5 Å². The molecule has 0 saturated carbocycles. The van der Waals surface area contributed by atoms with Gasteiger partial charge in [0.1, 0.15) is 0 Å². The molecule has 0 bridgehead atoms. The third kappa shape index (κ3) is 2.59. The molecule has 0 radical (unpaired) electrons. The summed E-state index contributed by atoms with van der Waals surface area (Å²) in [4.78, 5) is 2.38. The molecule has 2 aromatic rings. The Bertz CT molecular complexity index is 639. The number of rotatable bonds is 2. The van der Waals surface area contributed by atoms with Crippen molar-refractivity contribution in [1.29, 1.82) is 0 Å². The molecular formula is C17H17BrClN. The molecule has 3 rings (SSSR count). The van der Waals surface area contributed by atoms with E-state index < -0.39 is 0 Å². The van der Waals surface area contributed by atoms with Crippen LogP contribution in [0.25, 0.3) is 0 Å². The Kier molecular flexibility index (Phi) is 4.04. The lowest BCUT2D eigenvalue weighted by Crippen LogP contribution is -2.24. The molecule has 1 aliphatic rings. The average Bonchev–Trinajstić information content (AvgIpc) is 2.46. The maximum absolute atomic E-state index is 6.34. The van der Waals surface area contributed by atoms with Crippen LogP contribution in [0.1, 0.15) is 23.1 Å². The number of hydrogen-bond acceptors (Lipinski definition) is 1. The minimum absolute atomic E-state index is 0.794. The van der Waals surface area contributed by atoms with Gasteiger partial charge in [-0.15, -0.1) is 0 Å². The first kappa shape index (κ1) is 14.0. The van der Waals surface area contributed by atoms with Crippen LogP contribution in [0.5, 0.6) is 0 Å². The topological polar surface area (TPSA) is 3.24 Å². The Morgan fingerprint density at radius 2 is 2.05 bits per heavy atom. The molecule has 0 N–H and O–H groups in total. The van der Waals surface area contributed by atoms with Gasteiger partial charge in [-0.1, -0.05) is 51.3 Å². The van der Waals surface area contributed by atoms with Crippen LogP contribution in [0, 0.1) is 6.92 Å². The van der Waals surface area contributed by atoms with Crippen molar-refractivity contribution in [1.82, 2.24) is 0 Å². The van der Waals surface area contributed by atoms with Crippen molar-refractivity contribution in [3.63, 3.8) is 0 Å². The van der Waals surface area contributed by atoms with Gasteiger partial charge in [-0.2, -0.15) is 0 Å². The van der Waals surface area contributed by atoms with E-state index in [0.29, 0.717) is 0 Å². The fourth-order valence-corrected chi connectivity index (χ4v) is 3.70. The maximum Gasteiger partial charge on any atom is 0.0467 e. The van der Waals surface area contributed by atoms with E-state index in [1.54, 1.807) is 0 Å². The van der Waals surface area contributed by atoms with Crippen molar-refractivity contribution in [3.8, 4) is 0 Å². The molecule has 1 aliphatic heterocycles. The Labute approximate surface area is 133 Å². The predicted molar refractivity (Wildman–Crippen MR) is 90.6 cm³/mol. The third-order valence-electron chi connectivity index (χ3n) is 3.85. The zero-order valence-corrected chi connectivity index (χ0v) is 13.8. The molecule has 0 aliphatic carbocycles. The van der Waals surface area contributed by atoms with Crippen LogP contribution in [0.2, 0.25) is 5.02 Å². The van der Waals surface area contributed by atoms with Gasteiger partial charge in [-0.05, 0) is 49.1 Å². The average molecular weight is 351 g/mol. The number of benzene rings is 2. The molecule has 1 heterocycles. The second-order valence-corrected chi connectivity index (χ2v) is 6.26. The van der Waals surface area contributed by atoms with Crippen molar-refractivity contribution >= 4 is 38.9 Å². The standard InChI is InChI=1S/C17H17BrClN/c1-12-4-7-17-13(9-12)3-2-8-20(17)15-6-5-14(11-18)16(19)10-15/h4-7,9-10H,2-3,8,11H2,1H3. The Hall–Kier alpha value is -0.990. The highest BCUT2D eigenvalue weighted by Gasteiger charge is 2.18. The molecule has 20 heavy (non-hydrogen) atoms. The van der Waals surface area contributed by atoms with Gasteiger partial charge in [-0.3, -0.25) is 0 Å². The molecule has 104 valence electrons. The molecule has 0 spiro atoms. The SMILES string of the molecule is Cc1ccc2c(c1)CCCN2c1ccc(CBr)c(Cl)c1. The van der Waals surface area contributed by atoms with Gasteiger partial charge in [0.25, 0.3) is 0 Å². The summed E-state index contributed by atoms with van der Waals surface area (Å²) in [7, 11) is 0. The zero-order chi connectivity index (χ0) is 14.1. The monoisotopic (exact) mass is 349 g/mol. The first-order valence-corrected chi connectivity index (χ1v) is 8.40. The first-order valence-electron chi connectivity index (χ1n) is 6.90. The van der Waals surface area contributed by atoms with Gasteiger partial charge in [0.05, 0.1) is 0 Å². The highest BCUT2D eigenvalue weighted by molar-refractivity contribution is 9.08. The van der Waals surface area contributed by atoms with E-state index in [4.69, 9.17) is 11.6 Å². The van der Waals surface area contributed by atoms with Crippen LogP contribution in [-0.4, -0.2) is 6.54 Å². The molecular weight excluding hydrogens is 334 g/mol. The van der Waals surface area contributed by atoms with Gasteiger partial charge in [-0.25, -0.2) is 0 Å². The largest absolute Gasteiger partial charge is 0.341 e. The van der Waals surface area contributed by atoms with Gasteiger partial charge in [0.2, 0.25) is 0 Å². The molecule has 0 amide bonds. The number of anilines is 2. The van der Waals surface area contributed by atoms with Crippen molar-refractivity contribution < 1.29 is 0 Å². The lowest BCUT2D eigenvalue weighted by molar-refractivity contribution is 0.766. The van der Waals surface area contributed by atoms with Crippen molar-refractivity contribution in [2.45, 2.75) is 25.1 Å². The van der Waals surface area contributed by atoms with Crippen molar-refractivity contribution in [2.75, 3.05) is 11.4 Å². The molecule has 1 nitrogen and oxygen atoms in total. The number of aryl methyl sites for hydroxylation is 2. The quantitative estimate of drug-likeness (QED) is 0.635. The van der Waals surface area contributed by atoms with E-state index in [1.165, 1.54) is 35.3 Å². The summed E-state index contributed by atoms with van der Waals surface area (Å²) in [6.07, 6.45) is 2.36. The number of hydrogen-bond donors (Lipinski definition) is 0. The summed E-state index contributed by atoms with van der Waals surface area (Å²) in [6.45, 7) is 3.21. The van der Waals surface area contributed by atoms with Gasteiger partial charge in [0.15, 0.2) is 0 Å². The molecule has 3 heteroatoms. The summed E-state index contributed by atoms with van der Waals surface area (Å²) in [6, 6.07) is 13.1. The highest BCUT2D eigenvalue weighted by Crippen LogP contribution is 2.35. The van der Waals surface area contributed by atoms with E-state index in [1.807, 2.05) is 0 Å². The van der Waals surface area contributed by atoms with Gasteiger partial charge < -0.3 is 4.90 Å². The van der Waals surface area contributed by atoms with Crippen molar-refractivity contribution in [3.05, 3.63) is 58.1 Å². The van der Waals surface area contributed by atoms with Crippen molar-refractivity contribution in [2.24, 2.45) is 0 Å². The first-order chi connectivity index (χ1) is 9.69. The van der Waals surface area contributed by atoms with Crippen LogP contribution in [0.3, 0.4) is 0 Å². The Morgan fingerprint density at radius 3 is 2.80 bits per heavy atom. The maximum atomic E-state index is 6.34. The zero-order valence-electron chi connectivity index (χ0n) is 11.5. The van der Waals surface area contributed by atoms with Crippen LogP contribution in [0.15, 0.2) is 36.4 Å². The van der Waals surface area contributed by atoms with Crippen LogP contribution < -0.4 is 4.90 Å². The van der Waals surface area contributed by atoms with E-state index in [9.17, 15) is 0 Å². The summed E-state index contributed by atoms with van der Waals surface area (Å²) < 4.78 is 0. The summed E-state index contributed by atoms with van der Waals surface area (Å²) in [5.74, 6) is 0. The molecule has 0 saturated heterocycles. The van der Waals surface area contributed by atoms with E-state index in [2.05, 4.69) is 64.2 Å². The second-order valence-electron chi connectivity index (χ2n) is 5.30. The van der Waals surface area contributed by atoms with Gasteiger partial charge in [0, 0.05) is 28.3 Å². The van der Waals surface area contributed by atoms with E-state index in [-0.39, 0.29) is 0 Å². The Morgan fingerprint density at radius 1 is 1.20 bits per heavy atom. The molecule has 0 atom stereocenters. The molecule has 0 unspecified atom stereocenters. The smallest absolute Gasteiger partial charge is 0.0467 e. The lowest BCUT2D eigenvalue weighted by Gasteiger charge is -2.32.